The highest BCUT2D eigenvalue weighted by molar-refractivity contribution is 5.33. The van der Waals surface area contributed by atoms with E-state index in [0.29, 0.717) is 0 Å². The van der Waals surface area contributed by atoms with Gasteiger partial charge in [0.15, 0.2) is 0 Å². The number of hydrogen-bond acceptors (Lipinski definition) is 2. The van der Waals surface area contributed by atoms with Crippen LogP contribution in [0.1, 0.15) is 35.3 Å². The van der Waals surface area contributed by atoms with E-state index in [9.17, 15) is 0 Å². The number of benzene rings is 1. The van der Waals surface area contributed by atoms with Crippen molar-refractivity contribution in [2.45, 2.75) is 33.4 Å². The minimum atomic E-state index is 0.270. The van der Waals surface area contributed by atoms with Crippen LogP contribution in [-0.4, -0.2) is 4.98 Å². The third kappa shape index (κ3) is 2.96. The smallest absolute Gasteiger partial charge is 0.0570 e. The minimum absolute atomic E-state index is 0.270. The number of nitrogens with zero attached hydrogens (tertiary/aromatic N) is 1. The van der Waals surface area contributed by atoms with E-state index in [1.807, 2.05) is 18.3 Å². The highest BCUT2D eigenvalue weighted by Gasteiger charge is 2.06. The van der Waals surface area contributed by atoms with Crippen molar-refractivity contribution in [3.8, 4) is 0 Å². The molecule has 0 spiro atoms. The summed E-state index contributed by atoms with van der Waals surface area (Å²) in [5.74, 6) is 0. The SMILES string of the molecule is Cc1cccc(CNC(C)c2ccccn2)c1C. The molecule has 0 fully saturated rings. The van der Waals surface area contributed by atoms with Gasteiger partial charge in [-0.25, -0.2) is 0 Å². The lowest BCUT2D eigenvalue weighted by Crippen LogP contribution is -2.19. The average molecular weight is 240 g/mol. The normalized spacial score (nSPS) is 12.4. The van der Waals surface area contributed by atoms with Crippen LogP contribution in [0.3, 0.4) is 0 Å². The minimum Gasteiger partial charge on any atom is -0.305 e. The van der Waals surface area contributed by atoms with Crippen LogP contribution in [0.25, 0.3) is 0 Å². The summed E-state index contributed by atoms with van der Waals surface area (Å²) in [4.78, 5) is 4.37. The maximum atomic E-state index is 4.37. The first-order chi connectivity index (χ1) is 8.68. The van der Waals surface area contributed by atoms with Crippen molar-refractivity contribution < 1.29 is 0 Å². The summed E-state index contributed by atoms with van der Waals surface area (Å²) in [5, 5.41) is 3.52. The van der Waals surface area contributed by atoms with Gasteiger partial charge in [-0.05, 0) is 49.6 Å². The van der Waals surface area contributed by atoms with E-state index in [2.05, 4.69) is 55.3 Å². The molecule has 0 bridgehead atoms. The molecule has 2 heteroatoms. The van der Waals surface area contributed by atoms with Crippen LogP contribution in [0, 0.1) is 13.8 Å². The summed E-state index contributed by atoms with van der Waals surface area (Å²) in [6.45, 7) is 7.36. The zero-order chi connectivity index (χ0) is 13.0. The molecule has 94 valence electrons. The van der Waals surface area contributed by atoms with Gasteiger partial charge in [0.1, 0.15) is 0 Å². The Bertz CT molecular complexity index is 506. The van der Waals surface area contributed by atoms with Crippen LogP contribution in [0.2, 0.25) is 0 Å². The molecule has 2 aromatic rings. The molecule has 1 heterocycles. The molecule has 1 N–H and O–H groups in total. The molecule has 0 amide bonds. The van der Waals surface area contributed by atoms with Crippen molar-refractivity contribution in [2.24, 2.45) is 0 Å². The topological polar surface area (TPSA) is 24.9 Å². The van der Waals surface area contributed by atoms with Gasteiger partial charge in [-0.2, -0.15) is 0 Å². The molecule has 1 unspecified atom stereocenters. The van der Waals surface area contributed by atoms with E-state index in [-0.39, 0.29) is 6.04 Å². The summed E-state index contributed by atoms with van der Waals surface area (Å²) >= 11 is 0. The summed E-state index contributed by atoms with van der Waals surface area (Å²) in [6, 6.07) is 12.7. The van der Waals surface area contributed by atoms with Gasteiger partial charge >= 0.3 is 0 Å². The van der Waals surface area contributed by atoms with Crippen LogP contribution in [0.4, 0.5) is 0 Å². The standard InChI is InChI=1S/C16H20N2/c1-12-7-6-8-15(13(12)2)11-18-14(3)16-9-4-5-10-17-16/h4-10,14,18H,11H2,1-3H3. The van der Waals surface area contributed by atoms with E-state index < -0.39 is 0 Å². The molecule has 0 saturated heterocycles. The van der Waals surface area contributed by atoms with Crippen molar-refractivity contribution in [1.29, 1.82) is 0 Å². The van der Waals surface area contributed by atoms with Gasteiger partial charge in [0.05, 0.1) is 5.69 Å². The second kappa shape index (κ2) is 5.78. The molecular weight excluding hydrogens is 220 g/mol. The number of pyridine rings is 1. The predicted octanol–water partition coefficient (Wildman–Crippen LogP) is 3.55. The first-order valence-electron chi connectivity index (χ1n) is 6.38. The molecule has 0 aliphatic carbocycles. The van der Waals surface area contributed by atoms with E-state index >= 15 is 0 Å². The predicted molar refractivity (Wildman–Crippen MR) is 75.4 cm³/mol. The fourth-order valence-corrected chi connectivity index (χ4v) is 2.00. The Labute approximate surface area is 109 Å². The molecular formula is C16H20N2. The fraction of sp³-hybridized carbons (Fsp3) is 0.312. The first kappa shape index (κ1) is 12.8. The summed E-state index contributed by atoms with van der Waals surface area (Å²) in [5.41, 5.74) is 5.17. The van der Waals surface area contributed by atoms with Crippen molar-refractivity contribution >= 4 is 0 Å². The highest BCUT2D eigenvalue weighted by atomic mass is 14.9. The maximum Gasteiger partial charge on any atom is 0.0570 e. The van der Waals surface area contributed by atoms with E-state index in [1.165, 1.54) is 16.7 Å². The molecule has 0 saturated carbocycles. The summed E-state index contributed by atoms with van der Waals surface area (Å²) < 4.78 is 0. The van der Waals surface area contributed by atoms with Crippen molar-refractivity contribution in [3.05, 3.63) is 65.0 Å². The zero-order valence-corrected chi connectivity index (χ0v) is 11.3. The van der Waals surface area contributed by atoms with E-state index in [4.69, 9.17) is 0 Å². The Hall–Kier alpha value is -1.67. The Kier molecular flexibility index (Phi) is 4.11. The fourth-order valence-electron chi connectivity index (χ4n) is 2.00. The number of aryl methyl sites for hydroxylation is 1. The van der Waals surface area contributed by atoms with Crippen molar-refractivity contribution in [2.75, 3.05) is 0 Å². The largest absolute Gasteiger partial charge is 0.305 e. The number of aromatic nitrogens is 1. The van der Waals surface area contributed by atoms with Crippen LogP contribution < -0.4 is 5.32 Å². The first-order valence-corrected chi connectivity index (χ1v) is 6.38. The Morgan fingerprint density at radius 3 is 2.67 bits per heavy atom. The van der Waals surface area contributed by atoms with Crippen molar-refractivity contribution in [1.82, 2.24) is 10.3 Å². The third-order valence-electron chi connectivity index (χ3n) is 3.45. The maximum absolute atomic E-state index is 4.37. The number of nitrogens with one attached hydrogen (secondary N) is 1. The second-order valence-electron chi connectivity index (χ2n) is 4.72. The molecule has 0 aliphatic rings. The molecule has 1 aromatic heterocycles. The lowest BCUT2D eigenvalue weighted by atomic mass is 10.0. The second-order valence-corrected chi connectivity index (χ2v) is 4.72. The number of rotatable bonds is 4. The lowest BCUT2D eigenvalue weighted by molar-refractivity contribution is 0.560. The Morgan fingerprint density at radius 2 is 1.94 bits per heavy atom. The van der Waals surface area contributed by atoms with Crippen LogP contribution in [0.15, 0.2) is 42.6 Å². The van der Waals surface area contributed by atoms with Crippen LogP contribution in [0.5, 0.6) is 0 Å². The molecule has 1 atom stereocenters. The molecule has 18 heavy (non-hydrogen) atoms. The zero-order valence-electron chi connectivity index (χ0n) is 11.3. The van der Waals surface area contributed by atoms with Gasteiger partial charge in [0, 0.05) is 18.8 Å². The summed E-state index contributed by atoms with van der Waals surface area (Å²) in [6.07, 6.45) is 1.84. The molecule has 1 aromatic carbocycles. The summed E-state index contributed by atoms with van der Waals surface area (Å²) in [7, 11) is 0. The third-order valence-corrected chi connectivity index (χ3v) is 3.45. The number of hydrogen-bond donors (Lipinski definition) is 1. The lowest BCUT2D eigenvalue weighted by Gasteiger charge is -2.15. The van der Waals surface area contributed by atoms with Gasteiger partial charge in [-0.1, -0.05) is 24.3 Å². The van der Waals surface area contributed by atoms with Gasteiger partial charge in [0.25, 0.3) is 0 Å². The average Bonchev–Trinajstić information content (AvgIpc) is 2.41. The van der Waals surface area contributed by atoms with Gasteiger partial charge in [-0.3, -0.25) is 4.98 Å². The molecule has 0 aliphatic heterocycles. The molecule has 2 nitrogen and oxygen atoms in total. The van der Waals surface area contributed by atoms with Crippen LogP contribution in [-0.2, 0) is 6.54 Å². The van der Waals surface area contributed by atoms with Gasteiger partial charge < -0.3 is 5.32 Å². The van der Waals surface area contributed by atoms with Crippen molar-refractivity contribution in [3.63, 3.8) is 0 Å². The highest BCUT2D eigenvalue weighted by Crippen LogP contribution is 2.14. The van der Waals surface area contributed by atoms with Gasteiger partial charge in [-0.15, -0.1) is 0 Å². The quantitative estimate of drug-likeness (QED) is 0.884. The Morgan fingerprint density at radius 1 is 1.11 bits per heavy atom. The molecule has 2 rings (SSSR count). The molecule has 0 radical (unpaired) electrons. The van der Waals surface area contributed by atoms with Crippen LogP contribution >= 0.6 is 0 Å². The van der Waals surface area contributed by atoms with E-state index in [1.54, 1.807) is 0 Å². The van der Waals surface area contributed by atoms with E-state index in [0.717, 1.165) is 12.2 Å². The monoisotopic (exact) mass is 240 g/mol. The van der Waals surface area contributed by atoms with Gasteiger partial charge in [0.2, 0.25) is 0 Å². The Balaban J connectivity index is 2.02.